The highest BCUT2D eigenvalue weighted by atomic mass is 16.2. The highest BCUT2D eigenvalue weighted by molar-refractivity contribution is 5.78. The molecule has 3 N–H and O–H groups in total. The first-order chi connectivity index (χ1) is 8.68. The first kappa shape index (κ1) is 20.2. The second kappa shape index (κ2) is 11.9. The molecule has 0 saturated carbocycles. The van der Waals surface area contributed by atoms with Crippen molar-refractivity contribution in [2.75, 3.05) is 34.2 Å². The summed E-state index contributed by atoms with van der Waals surface area (Å²) in [6.45, 7) is 8.65. The summed E-state index contributed by atoms with van der Waals surface area (Å²) in [4.78, 5) is 23.4. The van der Waals surface area contributed by atoms with E-state index >= 15 is 0 Å². The molecule has 0 atom stereocenters. The normalized spacial score (nSPS) is 10.2. The molecular formula is C13H30N4O2. The number of carbonyl (C=O) groups is 2. The Labute approximate surface area is 117 Å². The Bertz CT molecular complexity index is 241. The van der Waals surface area contributed by atoms with Crippen LogP contribution in [0.3, 0.4) is 0 Å². The molecule has 2 amide bonds. The van der Waals surface area contributed by atoms with Gasteiger partial charge < -0.3 is 20.9 Å². The molecule has 0 aromatic heterocycles. The molecule has 6 heteroatoms. The van der Waals surface area contributed by atoms with Crippen molar-refractivity contribution >= 4 is 11.8 Å². The summed E-state index contributed by atoms with van der Waals surface area (Å²) in [5.74, 6) is 0.132. The van der Waals surface area contributed by atoms with Gasteiger partial charge in [-0.2, -0.15) is 0 Å². The van der Waals surface area contributed by atoms with E-state index < -0.39 is 0 Å². The van der Waals surface area contributed by atoms with Gasteiger partial charge >= 0.3 is 0 Å². The van der Waals surface area contributed by atoms with Gasteiger partial charge in [0.05, 0.1) is 13.1 Å². The van der Waals surface area contributed by atoms with Crippen LogP contribution in [0.15, 0.2) is 0 Å². The monoisotopic (exact) mass is 274 g/mol. The van der Waals surface area contributed by atoms with E-state index in [1.807, 2.05) is 46.7 Å². The van der Waals surface area contributed by atoms with Gasteiger partial charge in [-0.25, -0.2) is 0 Å². The third-order valence-corrected chi connectivity index (χ3v) is 1.70. The van der Waals surface area contributed by atoms with Crippen LogP contribution in [0.2, 0.25) is 0 Å². The quantitative estimate of drug-likeness (QED) is 0.627. The molecule has 0 spiro atoms. The van der Waals surface area contributed by atoms with Gasteiger partial charge in [0.2, 0.25) is 11.8 Å². The third-order valence-electron chi connectivity index (χ3n) is 1.70. The van der Waals surface area contributed by atoms with Gasteiger partial charge in [-0.1, -0.05) is 0 Å². The lowest BCUT2D eigenvalue weighted by atomic mass is 10.4. The number of hydrogen-bond donors (Lipinski definition) is 3. The first-order valence-electron chi connectivity index (χ1n) is 6.57. The molecule has 0 unspecified atom stereocenters. The zero-order chi connectivity index (χ0) is 15.4. The predicted octanol–water partition coefficient (Wildman–Crippen LogP) is -0.197. The summed E-state index contributed by atoms with van der Waals surface area (Å²) in [5.41, 5.74) is 0. The molecule has 0 aromatic rings. The molecule has 0 saturated heterocycles. The van der Waals surface area contributed by atoms with E-state index in [0.29, 0.717) is 13.1 Å². The van der Waals surface area contributed by atoms with E-state index in [2.05, 4.69) is 16.0 Å². The van der Waals surface area contributed by atoms with Gasteiger partial charge in [-0.3, -0.25) is 9.59 Å². The summed E-state index contributed by atoms with van der Waals surface area (Å²) < 4.78 is 0. The molecule has 0 bridgehead atoms. The van der Waals surface area contributed by atoms with Gasteiger partial charge in [0.25, 0.3) is 0 Å². The number of nitrogens with one attached hydrogen (secondary N) is 3. The molecule has 0 radical (unpaired) electrons. The molecule has 19 heavy (non-hydrogen) atoms. The molecule has 0 aromatic carbocycles. The molecule has 0 fully saturated rings. The fraction of sp³-hybridized carbons (Fsp3) is 0.846. The van der Waals surface area contributed by atoms with Crippen LogP contribution in [0, 0.1) is 0 Å². The average molecular weight is 274 g/mol. The fourth-order valence-electron chi connectivity index (χ4n) is 1.19. The van der Waals surface area contributed by atoms with E-state index in [4.69, 9.17) is 0 Å². The number of amides is 2. The van der Waals surface area contributed by atoms with Crippen LogP contribution in [0.5, 0.6) is 0 Å². The van der Waals surface area contributed by atoms with Crippen molar-refractivity contribution in [3.8, 4) is 0 Å². The topological polar surface area (TPSA) is 73.5 Å². The molecule has 0 aliphatic heterocycles. The summed E-state index contributed by atoms with van der Waals surface area (Å²) in [6, 6.07) is 0.485. The molecule has 0 heterocycles. The Kier molecular flexibility index (Phi) is 12.7. The Balaban J connectivity index is 0. The Morgan fingerprint density at radius 1 is 0.947 bits per heavy atom. The minimum Gasteiger partial charge on any atom is -0.353 e. The third kappa shape index (κ3) is 19.4. The van der Waals surface area contributed by atoms with Crippen LogP contribution >= 0.6 is 0 Å². The van der Waals surface area contributed by atoms with Gasteiger partial charge in [-0.15, -0.1) is 0 Å². The van der Waals surface area contributed by atoms with Crippen LogP contribution in [0.25, 0.3) is 0 Å². The van der Waals surface area contributed by atoms with Crippen molar-refractivity contribution in [2.24, 2.45) is 0 Å². The van der Waals surface area contributed by atoms with E-state index in [9.17, 15) is 9.59 Å². The van der Waals surface area contributed by atoms with Gasteiger partial charge in [0.15, 0.2) is 0 Å². The zero-order valence-electron chi connectivity index (χ0n) is 13.3. The standard InChI is InChI=1S/C7H16N2O.C6H14N2O/c1-6(2)8-7(10)5-9(3)4;1-5(2)8-6(9)4-7-3/h6H,5H2,1-4H3,(H,8,10);5,7H,4H2,1-3H3,(H,8,9). The largest absolute Gasteiger partial charge is 0.353 e. The minimum absolute atomic E-state index is 0.0486. The van der Waals surface area contributed by atoms with Crippen LogP contribution in [-0.4, -0.2) is 63.0 Å². The zero-order valence-corrected chi connectivity index (χ0v) is 13.3. The molecule has 0 rings (SSSR count). The summed E-state index contributed by atoms with van der Waals surface area (Å²) in [6.07, 6.45) is 0. The first-order valence-corrected chi connectivity index (χ1v) is 6.57. The van der Waals surface area contributed by atoms with Crippen LogP contribution in [-0.2, 0) is 9.59 Å². The number of hydrogen-bond acceptors (Lipinski definition) is 4. The molecule has 0 aliphatic carbocycles. The molecular weight excluding hydrogens is 244 g/mol. The maximum atomic E-state index is 10.9. The molecule has 6 nitrogen and oxygen atoms in total. The lowest BCUT2D eigenvalue weighted by molar-refractivity contribution is -0.122. The van der Waals surface area contributed by atoms with Crippen LogP contribution in [0.4, 0.5) is 0 Å². The highest BCUT2D eigenvalue weighted by Crippen LogP contribution is 1.79. The van der Waals surface area contributed by atoms with Crippen molar-refractivity contribution in [3.63, 3.8) is 0 Å². The van der Waals surface area contributed by atoms with Crippen LogP contribution < -0.4 is 16.0 Å². The van der Waals surface area contributed by atoms with Gasteiger partial charge in [0.1, 0.15) is 0 Å². The number of likely N-dealkylation sites (N-methyl/N-ethyl adjacent to an activating group) is 2. The van der Waals surface area contributed by atoms with Gasteiger partial charge in [0, 0.05) is 12.1 Å². The minimum atomic E-state index is 0.0486. The smallest absolute Gasteiger partial charge is 0.234 e. The molecule has 0 aliphatic rings. The van der Waals surface area contributed by atoms with Crippen molar-refractivity contribution < 1.29 is 9.59 Å². The van der Waals surface area contributed by atoms with E-state index in [-0.39, 0.29) is 23.9 Å². The maximum Gasteiger partial charge on any atom is 0.234 e. The summed E-state index contributed by atoms with van der Waals surface area (Å²) in [5, 5.41) is 8.30. The van der Waals surface area contributed by atoms with E-state index in [1.54, 1.807) is 7.05 Å². The lowest BCUT2D eigenvalue weighted by Gasteiger charge is -2.11. The van der Waals surface area contributed by atoms with E-state index in [0.717, 1.165) is 0 Å². The number of rotatable bonds is 6. The Morgan fingerprint density at radius 3 is 1.68 bits per heavy atom. The SMILES string of the molecule is CC(C)NC(=O)CN(C)C.CNCC(=O)NC(C)C. The van der Waals surface area contributed by atoms with Crippen LogP contribution in [0.1, 0.15) is 27.7 Å². The average Bonchev–Trinajstić information content (AvgIpc) is 2.13. The molecule has 114 valence electrons. The van der Waals surface area contributed by atoms with E-state index in [1.165, 1.54) is 0 Å². The van der Waals surface area contributed by atoms with Crippen molar-refractivity contribution in [1.29, 1.82) is 0 Å². The second-order valence-electron chi connectivity index (χ2n) is 5.21. The predicted molar refractivity (Wildman–Crippen MR) is 79.0 cm³/mol. The van der Waals surface area contributed by atoms with Gasteiger partial charge in [-0.05, 0) is 48.8 Å². The van der Waals surface area contributed by atoms with Crippen molar-refractivity contribution in [3.05, 3.63) is 0 Å². The Morgan fingerprint density at radius 2 is 1.37 bits per heavy atom. The number of carbonyl (C=O) groups excluding carboxylic acids is 2. The highest BCUT2D eigenvalue weighted by Gasteiger charge is 2.02. The second-order valence-corrected chi connectivity index (χ2v) is 5.21. The lowest BCUT2D eigenvalue weighted by Crippen LogP contribution is -2.37. The van der Waals surface area contributed by atoms with Crippen molar-refractivity contribution in [2.45, 2.75) is 39.8 Å². The fourth-order valence-corrected chi connectivity index (χ4v) is 1.19. The number of nitrogens with zero attached hydrogens (tertiary/aromatic N) is 1. The summed E-state index contributed by atoms with van der Waals surface area (Å²) in [7, 11) is 5.50. The van der Waals surface area contributed by atoms with Crippen molar-refractivity contribution in [1.82, 2.24) is 20.9 Å². The maximum absolute atomic E-state index is 10.9. The summed E-state index contributed by atoms with van der Waals surface area (Å²) >= 11 is 0. The Hall–Kier alpha value is -1.14.